The Morgan fingerprint density at radius 1 is 1.43 bits per heavy atom. The van der Waals surface area contributed by atoms with Crippen molar-refractivity contribution in [2.24, 2.45) is 0 Å². The predicted octanol–water partition coefficient (Wildman–Crippen LogP) is 1.89. The predicted molar refractivity (Wildman–Crippen MR) is 109 cm³/mol. The number of aromatic amines is 1. The number of fused-ring (bicyclic) bond motifs is 1. The molecule has 0 radical (unpaired) electrons. The molecule has 2 aliphatic rings. The number of hydrogen-bond donors (Lipinski definition) is 2. The summed E-state index contributed by atoms with van der Waals surface area (Å²) in [7, 11) is 0. The lowest BCUT2D eigenvalue weighted by Gasteiger charge is -2.27. The van der Waals surface area contributed by atoms with Crippen molar-refractivity contribution in [2.45, 2.75) is 26.4 Å². The van der Waals surface area contributed by atoms with Crippen LogP contribution in [0.4, 0.5) is 0 Å². The third-order valence-electron chi connectivity index (χ3n) is 5.02. The van der Waals surface area contributed by atoms with Crippen LogP contribution in [0.2, 0.25) is 0 Å². The average molecular weight is 412 g/mol. The molecule has 1 fully saturated rings. The molecule has 2 N–H and O–H groups in total. The summed E-state index contributed by atoms with van der Waals surface area (Å²) >= 11 is 0. The smallest absolute Gasteiger partial charge is 0.348 e. The summed E-state index contributed by atoms with van der Waals surface area (Å²) in [6.45, 7) is 5.98. The number of nitrogens with one attached hydrogen (secondary N) is 2. The number of pyridine rings is 1. The van der Waals surface area contributed by atoms with Gasteiger partial charge in [0.2, 0.25) is 11.7 Å². The molecule has 0 aliphatic carbocycles. The molecule has 158 valence electrons. The molecule has 0 saturated carbocycles. The quantitative estimate of drug-likeness (QED) is 0.421. The van der Waals surface area contributed by atoms with Crippen molar-refractivity contribution in [2.75, 3.05) is 26.3 Å². The second-order valence-electron chi connectivity index (χ2n) is 7.12. The third kappa shape index (κ3) is 4.07. The maximum absolute atomic E-state index is 13.1. The molecule has 0 aromatic carbocycles. The van der Waals surface area contributed by atoms with Gasteiger partial charge in [0, 0.05) is 36.4 Å². The van der Waals surface area contributed by atoms with Crippen molar-refractivity contribution in [1.82, 2.24) is 20.4 Å². The highest BCUT2D eigenvalue weighted by Crippen LogP contribution is 2.28. The maximum atomic E-state index is 13.1. The Bertz CT molecular complexity index is 1020. The van der Waals surface area contributed by atoms with E-state index in [2.05, 4.69) is 15.4 Å². The van der Waals surface area contributed by atoms with E-state index in [9.17, 15) is 9.59 Å². The van der Waals surface area contributed by atoms with Crippen LogP contribution in [0.25, 0.3) is 17.1 Å². The number of carbonyl (C=O) groups excluding carboxylic acids is 2. The van der Waals surface area contributed by atoms with Gasteiger partial charge < -0.3 is 19.2 Å². The molecule has 0 amide bonds. The van der Waals surface area contributed by atoms with Crippen molar-refractivity contribution in [1.29, 1.82) is 0 Å². The lowest BCUT2D eigenvalue weighted by molar-refractivity contribution is -0.144. The maximum Gasteiger partial charge on any atom is 0.348 e. The topological polar surface area (TPSA) is 106 Å². The van der Waals surface area contributed by atoms with E-state index in [1.54, 1.807) is 25.4 Å². The van der Waals surface area contributed by atoms with Gasteiger partial charge in [-0.15, -0.1) is 0 Å². The summed E-state index contributed by atoms with van der Waals surface area (Å²) in [5, 5.41) is 2.70. The Morgan fingerprint density at radius 2 is 2.23 bits per heavy atom. The lowest BCUT2D eigenvalue weighted by atomic mass is 10.1. The fourth-order valence-corrected chi connectivity index (χ4v) is 3.17. The molecule has 4 heterocycles. The molecule has 1 atom stereocenters. The Hall–Kier alpha value is -3.17. The van der Waals surface area contributed by atoms with Crippen LogP contribution in [0.15, 0.2) is 41.7 Å². The van der Waals surface area contributed by atoms with E-state index >= 15 is 0 Å². The first-order valence-electron chi connectivity index (χ1n) is 9.97. The number of rotatable bonds is 6. The molecule has 2 aliphatic heterocycles. The number of carbonyl (C=O) groups is 2. The fourth-order valence-electron chi connectivity index (χ4n) is 3.17. The van der Waals surface area contributed by atoms with E-state index < -0.39 is 11.8 Å². The first kappa shape index (κ1) is 20.1. The highest BCUT2D eigenvalue weighted by atomic mass is 16.6. The molecule has 1 unspecified atom stereocenters. The lowest BCUT2D eigenvalue weighted by Crippen LogP contribution is -2.45. The van der Waals surface area contributed by atoms with Gasteiger partial charge in [0.25, 0.3) is 0 Å². The zero-order valence-corrected chi connectivity index (χ0v) is 16.9. The SMILES string of the molecule is CCC(C)OC(=O)C1=C(NN2CCOCC2)O/C(=C\c2c[nH]c3ncccc23)C1=O. The fraction of sp³-hybridized carbons (Fsp3) is 0.381. The molecule has 1 saturated heterocycles. The van der Waals surface area contributed by atoms with Crippen LogP contribution in [0.1, 0.15) is 25.8 Å². The highest BCUT2D eigenvalue weighted by Gasteiger charge is 2.38. The van der Waals surface area contributed by atoms with Gasteiger partial charge in [0.1, 0.15) is 5.65 Å². The molecule has 0 bridgehead atoms. The standard InChI is InChI=1S/C21H24N4O5/c1-3-13(2)29-21(27)17-18(26)16(30-20(17)24-25-7-9-28-10-8-25)11-14-12-23-19-15(14)5-4-6-22-19/h4-6,11-13,24H,3,7-10H2,1-2H3,(H,22,23)/b16-11-. The molecule has 4 rings (SSSR count). The van der Waals surface area contributed by atoms with E-state index in [1.807, 2.05) is 24.1 Å². The highest BCUT2D eigenvalue weighted by molar-refractivity contribution is 6.26. The van der Waals surface area contributed by atoms with E-state index in [4.69, 9.17) is 14.2 Å². The molecule has 0 spiro atoms. The Kier molecular flexibility index (Phi) is 5.82. The van der Waals surface area contributed by atoms with Crippen LogP contribution in [0, 0.1) is 0 Å². The molecule has 2 aromatic heterocycles. The van der Waals surface area contributed by atoms with Gasteiger partial charge in [-0.2, -0.15) is 0 Å². The summed E-state index contributed by atoms with van der Waals surface area (Å²) < 4.78 is 16.6. The molecular weight excluding hydrogens is 388 g/mol. The van der Waals surface area contributed by atoms with Gasteiger partial charge in [-0.1, -0.05) is 6.92 Å². The Balaban J connectivity index is 1.64. The van der Waals surface area contributed by atoms with Gasteiger partial charge >= 0.3 is 5.97 Å². The number of nitrogens with zero attached hydrogens (tertiary/aromatic N) is 2. The minimum Gasteiger partial charge on any atom is -0.459 e. The molecule has 2 aromatic rings. The molecule has 30 heavy (non-hydrogen) atoms. The minimum atomic E-state index is -0.700. The summed E-state index contributed by atoms with van der Waals surface area (Å²) in [5.41, 5.74) is 4.35. The number of aromatic nitrogens is 2. The van der Waals surface area contributed by atoms with Crippen molar-refractivity contribution < 1.29 is 23.8 Å². The van der Waals surface area contributed by atoms with Crippen molar-refractivity contribution in [3.63, 3.8) is 0 Å². The summed E-state index contributed by atoms with van der Waals surface area (Å²) in [4.78, 5) is 33.1. The first-order valence-corrected chi connectivity index (χ1v) is 9.97. The van der Waals surface area contributed by atoms with Crippen LogP contribution in [0.5, 0.6) is 0 Å². The minimum absolute atomic E-state index is 0.0478. The van der Waals surface area contributed by atoms with Gasteiger partial charge in [-0.25, -0.2) is 14.8 Å². The summed E-state index contributed by atoms with van der Waals surface area (Å²) in [6, 6.07) is 3.71. The van der Waals surface area contributed by atoms with Crippen molar-refractivity contribution in [3.8, 4) is 0 Å². The summed E-state index contributed by atoms with van der Waals surface area (Å²) in [5.74, 6) is -1.09. The molecular formula is C21H24N4O5. The van der Waals surface area contributed by atoms with Crippen LogP contribution in [-0.2, 0) is 23.8 Å². The third-order valence-corrected chi connectivity index (χ3v) is 5.02. The number of morpholine rings is 1. The second kappa shape index (κ2) is 8.68. The van der Waals surface area contributed by atoms with E-state index in [0.717, 1.165) is 10.9 Å². The molecule has 9 heteroatoms. The normalized spacial score (nSPS) is 19.9. The van der Waals surface area contributed by atoms with Gasteiger partial charge in [-0.05, 0) is 31.6 Å². The van der Waals surface area contributed by atoms with Crippen LogP contribution < -0.4 is 5.43 Å². The van der Waals surface area contributed by atoms with Crippen LogP contribution in [0.3, 0.4) is 0 Å². The van der Waals surface area contributed by atoms with Gasteiger partial charge in [0.05, 0.1) is 19.3 Å². The number of hydrogen-bond acceptors (Lipinski definition) is 8. The van der Waals surface area contributed by atoms with Crippen LogP contribution >= 0.6 is 0 Å². The number of hydrazine groups is 1. The van der Waals surface area contributed by atoms with Gasteiger partial charge in [-0.3, -0.25) is 10.2 Å². The number of esters is 1. The zero-order valence-electron chi connectivity index (χ0n) is 16.9. The number of ether oxygens (including phenoxy) is 3. The van der Waals surface area contributed by atoms with Crippen LogP contribution in [-0.4, -0.2) is 59.1 Å². The average Bonchev–Trinajstić information content (AvgIpc) is 3.30. The summed E-state index contributed by atoms with van der Waals surface area (Å²) in [6.07, 6.45) is 5.36. The van der Waals surface area contributed by atoms with E-state index in [-0.39, 0.29) is 23.3 Å². The Morgan fingerprint density at radius 3 is 3.00 bits per heavy atom. The van der Waals surface area contributed by atoms with E-state index in [0.29, 0.717) is 38.4 Å². The second-order valence-corrected chi connectivity index (χ2v) is 7.12. The number of H-pyrrole nitrogens is 1. The van der Waals surface area contributed by atoms with Crippen molar-refractivity contribution in [3.05, 3.63) is 47.3 Å². The largest absolute Gasteiger partial charge is 0.459 e. The van der Waals surface area contributed by atoms with Gasteiger partial charge in [0.15, 0.2) is 11.3 Å². The van der Waals surface area contributed by atoms with E-state index in [1.165, 1.54) is 0 Å². The Labute approximate surface area is 173 Å². The number of ketones is 1. The number of Topliss-reactive ketones (excluding diaryl/α,β-unsaturated/α-hetero) is 1. The molecule has 9 nitrogen and oxygen atoms in total. The van der Waals surface area contributed by atoms with Crippen molar-refractivity contribution >= 4 is 28.9 Å². The zero-order chi connectivity index (χ0) is 21.1. The first-order chi connectivity index (χ1) is 14.6. The monoisotopic (exact) mass is 412 g/mol. The number of allylic oxidation sites excluding steroid dienone is 1.